The van der Waals surface area contributed by atoms with Gasteiger partial charge in [0.1, 0.15) is 12.4 Å². The lowest BCUT2D eigenvalue weighted by Gasteiger charge is -2.36. The van der Waals surface area contributed by atoms with Gasteiger partial charge in [-0.3, -0.25) is 4.90 Å². The van der Waals surface area contributed by atoms with Crippen molar-refractivity contribution in [1.82, 2.24) is 9.21 Å². The van der Waals surface area contributed by atoms with Gasteiger partial charge in [0, 0.05) is 45.8 Å². The van der Waals surface area contributed by atoms with Crippen molar-refractivity contribution in [2.24, 2.45) is 0 Å². The van der Waals surface area contributed by atoms with Crippen molar-refractivity contribution in [3.8, 4) is 5.75 Å². The van der Waals surface area contributed by atoms with Crippen LogP contribution in [0.5, 0.6) is 5.75 Å². The predicted molar refractivity (Wildman–Crippen MR) is 122 cm³/mol. The van der Waals surface area contributed by atoms with Crippen LogP contribution in [0.3, 0.4) is 0 Å². The normalized spacial score (nSPS) is 18.8. The van der Waals surface area contributed by atoms with E-state index >= 15 is 0 Å². The topological polar surface area (TPSA) is 62.3 Å². The summed E-state index contributed by atoms with van der Waals surface area (Å²) in [6, 6.07) is 14.6. The SMILES string of the molecule is O=S(=O)(c1ccc(OCCN2CCN(c3ccccc3Cl)CC2)cc1)N1CCOCC1. The second kappa shape index (κ2) is 10.2. The molecule has 2 aromatic rings. The Bertz CT molecular complexity index is 957. The summed E-state index contributed by atoms with van der Waals surface area (Å²) in [7, 11) is -3.47. The minimum Gasteiger partial charge on any atom is -0.492 e. The molecule has 7 nitrogen and oxygen atoms in total. The van der Waals surface area contributed by atoms with Gasteiger partial charge in [-0.15, -0.1) is 0 Å². The van der Waals surface area contributed by atoms with Gasteiger partial charge in [-0.2, -0.15) is 4.31 Å². The summed E-state index contributed by atoms with van der Waals surface area (Å²) >= 11 is 6.31. The molecule has 168 valence electrons. The van der Waals surface area contributed by atoms with Crippen LogP contribution in [0.15, 0.2) is 53.4 Å². The Morgan fingerprint density at radius 3 is 2.26 bits per heavy atom. The first-order chi connectivity index (χ1) is 15.0. The van der Waals surface area contributed by atoms with Crippen molar-refractivity contribution in [1.29, 1.82) is 0 Å². The Morgan fingerprint density at radius 1 is 0.903 bits per heavy atom. The molecule has 0 atom stereocenters. The fourth-order valence-corrected chi connectivity index (χ4v) is 5.52. The summed E-state index contributed by atoms with van der Waals surface area (Å²) in [5.74, 6) is 0.677. The lowest BCUT2D eigenvalue weighted by molar-refractivity contribution is 0.0730. The second-order valence-corrected chi connectivity index (χ2v) is 9.96. The van der Waals surface area contributed by atoms with Crippen LogP contribution in [0.25, 0.3) is 0 Å². The predicted octanol–water partition coefficient (Wildman–Crippen LogP) is 2.56. The van der Waals surface area contributed by atoms with Gasteiger partial charge >= 0.3 is 0 Å². The van der Waals surface area contributed by atoms with E-state index < -0.39 is 10.0 Å². The average molecular weight is 466 g/mol. The van der Waals surface area contributed by atoms with E-state index in [4.69, 9.17) is 21.1 Å². The lowest BCUT2D eigenvalue weighted by atomic mass is 10.2. The van der Waals surface area contributed by atoms with Crippen molar-refractivity contribution >= 4 is 27.3 Å². The largest absolute Gasteiger partial charge is 0.492 e. The number of ether oxygens (including phenoxy) is 2. The third-order valence-electron chi connectivity index (χ3n) is 5.67. The fraction of sp³-hybridized carbons (Fsp3) is 0.455. The van der Waals surface area contributed by atoms with E-state index in [0.29, 0.717) is 38.7 Å². The molecule has 9 heteroatoms. The van der Waals surface area contributed by atoms with Crippen LogP contribution < -0.4 is 9.64 Å². The molecule has 2 saturated heterocycles. The number of piperazine rings is 1. The first-order valence-corrected chi connectivity index (χ1v) is 12.4. The maximum Gasteiger partial charge on any atom is 0.243 e. The first-order valence-electron chi connectivity index (χ1n) is 10.6. The number of hydrogen-bond donors (Lipinski definition) is 0. The van der Waals surface area contributed by atoms with Gasteiger partial charge in [-0.05, 0) is 36.4 Å². The number of anilines is 1. The standard InChI is InChI=1S/C22H28ClN3O4S/c23-21-3-1-2-4-22(21)25-11-9-24(10-12-25)13-18-30-19-5-7-20(8-6-19)31(27,28)26-14-16-29-17-15-26/h1-8H,9-18H2. The Balaban J connectivity index is 1.23. The number of para-hydroxylation sites is 1. The van der Waals surface area contributed by atoms with Crippen LogP contribution in [-0.2, 0) is 14.8 Å². The first kappa shape index (κ1) is 22.4. The number of hydrogen-bond acceptors (Lipinski definition) is 6. The van der Waals surface area contributed by atoms with Crippen LogP contribution in [0, 0.1) is 0 Å². The molecule has 0 unspecified atom stereocenters. The van der Waals surface area contributed by atoms with Crippen LogP contribution in [0.2, 0.25) is 5.02 Å². The summed E-state index contributed by atoms with van der Waals surface area (Å²) in [6.45, 7) is 6.80. The zero-order valence-corrected chi connectivity index (χ0v) is 19.0. The molecule has 0 radical (unpaired) electrons. The maximum atomic E-state index is 12.7. The van der Waals surface area contributed by atoms with E-state index in [1.807, 2.05) is 18.2 Å². The molecule has 0 spiro atoms. The maximum absolute atomic E-state index is 12.7. The Labute approximate surface area is 189 Å². The summed E-state index contributed by atoms with van der Waals surface area (Å²) in [6.07, 6.45) is 0. The lowest BCUT2D eigenvalue weighted by Crippen LogP contribution is -2.47. The number of benzene rings is 2. The number of rotatable bonds is 7. The number of halogens is 1. The van der Waals surface area contributed by atoms with E-state index in [-0.39, 0.29) is 4.90 Å². The zero-order valence-electron chi connectivity index (χ0n) is 17.5. The monoisotopic (exact) mass is 465 g/mol. The van der Waals surface area contributed by atoms with Gasteiger partial charge in [0.05, 0.1) is 28.8 Å². The van der Waals surface area contributed by atoms with Crippen LogP contribution in [0.4, 0.5) is 5.69 Å². The number of sulfonamides is 1. The molecule has 0 bridgehead atoms. The summed E-state index contributed by atoms with van der Waals surface area (Å²) in [4.78, 5) is 4.97. The molecule has 0 saturated carbocycles. The minimum atomic E-state index is -3.47. The van der Waals surface area contributed by atoms with Crippen LogP contribution in [-0.4, -0.2) is 83.3 Å². The van der Waals surface area contributed by atoms with Gasteiger partial charge < -0.3 is 14.4 Å². The number of nitrogens with zero attached hydrogens (tertiary/aromatic N) is 3. The van der Waals surface area contributed by atoms with Crippen LogP contribution in [0.1, 0.15) is 0 Å². The molecule has 2 fully saturated rings. The van der Waals surface area contributed by atoms with E-state index in [1.165, 1.54) is 4.31 Å². The molecular weight excluding hydrogens is 438 g/mol. The fourth-order valence-electron chi connectivity index (χ4n) is 3.86. The molecule has 31 heavy (non-hydrogen) atoms. The molecule has 0 aliphatic carbocycles. The molecule has 2 aliphatic heterocycles. The van der Waals surface area contributed by atoms with Gasteiger partial charge in [0.15, 0.2) is 0 Å². The van der Waals surface area contributed by atoms with E-state index in [0.717, 1.165) is 43.4 Å². The number of morpholine rings is 1. The molecule has 0 aromatic heterocycles. The van der Waals surface area contributed by atoms with Crippen molar-refractivity contribution in [2.75, 3.05) is 70.5 Å². The minimum absolute atomic E-state index is 0.289. The van der Waals surface area contributed by atoms with Crippen molar-refractivity contribution in [2.45, 2.75) is 4.90 Å². The summed E-state index contributed by atoms with van der Waals surface area (Å²) < 4.78 is 37.9. The molecule has 0 amide bonds. The molecule has 2 aromatic carbocycles. The zero-order chi connectivity index (χ0) is 21.7. The molecule has 0 N–H and O–H groups in total. The molecule has 2 aliphatic rings. The third kappa shape index (κ3) is 5.51. The van der Waals surface area contributed by atoms with Gasteiger partial charge in [0.2, 0.25) is 10.0 Å². The van der Waals surface area contributed by atoms with Crippen molar-refractivity contribution in [3.05, 3.63) is 53.6 Å². The van der Waals surface area contributed by atoms with E-state index in [1.54, 1.807) is 24.3 Å². The van der Waals surface area contributed by atoms with Crippen molar-refractivity contribution < 1.29 is 17.9 Å². The summed E-state index contributed by atoms with van der Waals surface area (Å²) in [5, 5.41) is 0.790. The molecule has 2 heterocycles. The van der Waals surface area contributed by atoms with Crippen LogP contribution >= 0.6 is 11.6 Å². The molecule has 4 rings (SSSR count). The Kier molecular flexibility index (Phi) is 7.35. The van der Waals surface area contributed by atoms with E-state index in [9.17, 15) is 8.42 Å². The van der Waals surface area contributed by atoms with Gasteiger partial charge in [-0.1, -0.05) is 23.7 Å². The Morgan fingerprint density at radius 2 is 1.58 bits per heavy atom. The van der Waals surface area contributed by atoms with Gasteiger partial charge in [0.25, 0.3) is 0 Å². The highest BCUT2D eigenvalue weighted by molar-refractivity contribution is 7.89. The highest BCUT2D eigenvalue weighted by Crippen LogP contribution is 2.26. The average Bonchev–Trinajstić information content (AvgIpc) is 2.81. The van der Waals surface area contributed by atoms with Gasteiger partial charge in [-0.25, -0.2) is 8.42 Å². The molecular formula is C22H28ClN3O4S. The quantitative estimate of drug-likeness (QED) is 0.626. The third-order valence-corrected chi connectivity index (χ3v) is 7.91. The highest BCUT2D eigenvalue weighted by atomic mass is 35.5. The second-order valence-electron chi connectivity index (χ2n) is 7.62. The highest BCUT2D eigenvalue weighted by Gasteiger charge is 2.26. The smallest absolute Gasteiger partial charge is 0.243 e. The summed E-state index contributed by atoms with van der Waals surface area (Å²) in [5.41, 5.74) is 1.09. The van der Waals surface area contributed by atoms with E-state index in [2.05, 4.69) is 15.9 Å². The Hall–Kier alpha value is -1.84. The van der Waals surface area contributed by atoms with Crippen molar-refractivity contribution in [3.63, 3.8) is 0 Å².